The van der Waals surface area contributed by atoms with E-state index in [1.807, 2.05) is 0 Å². The summed E-state index contributed by atoms with van der Waals surface area (Å²) in [5.74, 6) is -15.8. The molecule has 204 valence electrons. The molecule has 35 heavy (non-hydrogen) atoms. The Bertz CT molecular complexity index is 910. The van der Waals surface area contributed by atoms with Gasteiger partial charge in [0.2, 0.25) is 0 Å². The highest BCUT2D eigenvalue weighted by Crippen LogP contribution is 2.42. The first-order valence-corrected chi connectivity index (χ1v) is 10.1. The molecule has 0 aliphatic carbocycles. The molecule has 0 bridgehead atoms. The molecule has 8 nitrogen and oxygen atoms in total. The second-order valence-electron chi connectivity index (χ2n) is 6.35. The molecule has 0 N–H and O–H groups in total. The molecule has 0 aromatic rings. The highest BCUT2D eigenvalue weighted by Gasteiger charge is 2.68. The van der Waals surface area contributed by atoms with Gasteiger partial charge in [0.1, 0.15) is 12.2 Å². The van der Waals surface area contributed by atoms with Crippen molar-refractivity contribution in [3.05, 3.63) is 24.8 Å². The third kappa shape index (κ3) is 7.79. The smallest absolute Gasteiger partial charge is 0.468 e. The number of carbonyl (C=O) groups is 2. The van der Waals surface area contributed by atoms with Crippen LogP contribution in [0.3, 0.4) is 0 Å². The van der Waals surface area contributed by atoms with E-state index < -0.39 is 89.4 Å². The summed E-state index contributed by atoms with van der Waals surface area (Å²) in [6, 6.07) is 0. The van der Waals surface area contributed by atoms with Crippen molar-refractivity contribution < 1.29 is 80.7 Å². The van der Waals surface area contributed by atoms with Crippen molar-refractivity contribution in [3.8, 4) is 0 Å². The minimum absolute atomic E-state index is 0.696. The van der Waals surface area contributed by atoms with Gasteiger partial charge in [-0.15, -0.1) is 0 Å². The van der Waals surface area contributed by atoms with Crippen LogP contribution in [0, 0.1) is 0 Å². The normalized spacial score (nSPS) is 15.2. The van der Waals surface area contributed by atoms with Crippen molar-refractivity contribution in [1.82, 2.24) is 0 Å². The van der Waals surface area contributed by atoms with E-state index in [1.54, 1.807) is 0 Å². The zero-order valence-electron chi connectivity index (χ0n) is 17.0. The third-order valence-corrected chi connectivity index (χ3v) is 4.66. The van der Waals surface area contributed by atoms with Gasteiger partial charge in [-0.2, -0.15) is 43.9 Å². The molecule has 0 aliphatic heterocycles. The van der Waals surface area contributed by atoms with Crippen molar-refractivity contribution in [2.24, 2.45) is 0 Å². The lowest BCUT2D eigenvalue weighted by molar-refractivity contribution is -0.355. The van der Waals surface area contributed by atoms with Gasteiger partial charge in [-0.1, -0.05) is 19.2 Å². The lowest BCUT2D eigenvalue weighted by Crippen LogP contribution is -2.58. The standard InChI is InChI=1S/C16H16F10O8S/c1-3-7-32-11(28)13(15(22,23)24,34-10(27)9(2)14(19,20)21)33-8-5-4-6-12(17,18)16(25,26)35(29,30)31/h3H,1-2,4-8H2,(H,29,30,31)/p-1. The van der Waals surface area contributed by atoms with E-state index in [-0.39, 0.29) is 0 Å². The zero-order chi connectivity index (χ0) is 28.1. The van der Waals surface area contributed by atoms with Crippen LogP contribution in [0.4, 0.5) is 43.9 Å². The van der Waals surface area contributed by atoms with Gasteiger partial charge in [0.25, 0.3) is 0 Å². The monoisotopic (exact) mass is 557 g/mol. The summed E-state index contributed by atoms with van der Waals surface area (Å²) in [6.45, 7) is 2.60. The van der Waals surface area contributed by atoms with Gasteiger partial charge in [0.15, 0.2) is 10.1 Å². The topological polar surface area (TPSA) is 119 Å². The molecule has 0 spiro atoms. The predicted molar refractivity (Wildman–Crippen MR) is 90.6 cm³/mol. The maximum absolute atomic E-state index is 13.6. The Hall–Kier alpha value is -2.41. The first-order chi connectivity index (χ1) is 15.5. The summed E-state index contributed by atoms with van der Waals surface area (Å²) in [5.41, 5.74) is -2.51. The molecule has 0 aromatic heterocycles. The predicted octanol–water partition coefficient (Wildman–Crippen LogP) is 3.60. The molecule has 0 saturated heterocycles. The summed E-state index contributed by atoms with van der Waals surface area (Å²) in [6.07, 6.45) is -15.5. The van der Waals surface area contributed by atoms with Crippen LogP contribution in [0.2, 0.25) is 0 Å². The van der Waals surface area contributed by atoms with Crippen LogP contribution in [0.15, 0.2) is 24.8 Å². The van der Waals surface area contributed by atoms with Crippen molar-refractivity contribution in [1.29, 1.82) is 0 Å². The van der Waals surface area contributed by atoms with E-state index in [4.69, 9.17) is 0 Å². The number of hydrogen-bond acceptors (Lipinski definition) is 8. The lowest BCUT2D eigenvalue weighted by atomic mass is 10.1. The minimum Gasteiger partial charge on any atom is -0.743 e. The molecule has 0 rings (SSSR count). The van der Waals surface area contributed by atoms with Crippen LogP contribution >= 0.6 is 0 Å². The summed E-state index contributed by atoms with van der Waals surface area (Å²) in [5, 5.41) is -6.08. The second-order valence-corrected chi connectivity index (χ2v) is 7.77. The first kappa shape index (κ1) is 32.6. The number of unbranched alkanes of at least 4 members (excludes halogenated alkanes) is 1. The van der Waals surface area contributed by atoms with Gasteiger partial charge in [-0.3, -0.25) is 0 Å². The Labute approximate surface area is 190 Å². The molecule has 0 radical (unpaired) electrons. The minimum atomic E-state index is -6.84. The molecule has 0 amide bonds. The van der Waals surface area contributed by atoms with E-state index in [2.05, 4.69) is 27.4 Å². The Kier molecular flexibility index (Phi) is 10.3. The van der Waals surface area contributed by atoms with E-state index >= 15 is 0 Å². The van der Waals surface area contributed by atoms with Crippen LogP contribution in [0.5, 0.6) is 0 Å². The van der Waals surface area contributed by atoms with Crippen LogP contribution in [0.1, 0.15) is 19.3 Å². The van der Waals surface area contributed by atoms with Gasteiger partial charge in [-0.25, -0.2) is 18.0 Å². The van der Waals surface area contributed by atoms with Gasteiger partial charge in [-0.05, 0) is 12.8 Å². The van der Waals surface area contributed by atoms with Crippen LogP contribution in [0.25, 0.3) is 0 Å². The van der Waals surface area contributed by atoms with Crippen LogP contribution < -0.4 is 0 Å². The maximum atomic E-state index is 13.6. The van der Waals surface area contributed by atoms with Gasteiger partial charge < -0.3 is 18.8 Å². The molecular formula is C16H15F10O8S-. The molecular weight excluding hydrogens is 542 g/mol. The van der Waals surface area contributed by atoms with E-state index in [1.165, 1.54) is 0 Å². The van der Waals surface area contributed by atoms with E-state index in [0.717, 1.165) is 0 Å². The van der Waals surface area contributed by atoms with Crippen molar-refractivity contribution in [3.63, 3.8) is 0 Å². The summed E-state index contributed by atoms with van der Waals surface area (Å²) in [4.78, 5) is 23.5. The molecule has 1 unspecified atom stereocenters. The molecule has 0 aromatic carbocycles. The van der Waals surface area contributed by atoms with Gasteiger partial charge >= 0.3 is 41.3 Å². The number of ether oxygens (including phenoxy) is 3. The third-order valence-electron chi connectivity index (χ3n) is 3.73. The van der Waals surface area contributed by atoms with Crippen LogP contribution in [-0.4, -0.2) is 67.4 Å². The van der Waals surface area contributed by atoms with Crippen molar-refractivity contribution in [2.75, 3.05) is 13.2 Å². The Morgan fingerprint density at radius 3 is 1.86 bits per heavy atom. The summed E-state index contributed by atoms with van der Waals surface area (Å²) in [7, 11) is -6.84. The van der Waals surface area contributed by atoms with Crippen molar-refractivity contribution >= 4 is 22.1 Å². The fraction of sp³-hybridized carbons (Fsp3) is 0.625. The zero-order valence-corrected chi connectivity index (χ0v) is 17.8. The lowest BCUT2D eigenvalue weighted by Gasteiger charge is -2.32. The quantitative estimate of drug-likeness (QED) is 0.0642. The molecule has 0 heterocycles. The molecule has 1 atom stereocenters. The van der Waals surface area contributed by atoms with E-state index in [0.29, 0.717) is 6.08 Å². The van der Waals surface area contributed by atoms with E-state index in [9.17, 15) is 66.5 Å². The SMILES string of the molecule is C=CCOC(=O)C(OCCCCC(F)(F)C(F)(F)S(=O)(=O)[O-])(OC(=O)C(=C)C(F)(F)F)C(F)(F)F. The Morgan fingerprint density at radius 2 is 1.46 bits per heavy atom. The molecule has 0 saturated carbocycles. The Balaban J connectivity index is 5.76. The number of esters is 2. The highest BCUT2D eigenvalue weighted by molar-refractivity contribution is 7.86. The fourth-order valence-electron chi connectivity index (χ4n) is 1.92. The summed E-state index contributed by atoms with van der Waals surface area (Å²) >= 11 is 0. The van der Waals surface area contributed by atoms with Crippen molar-refractivity contribution in [2.45, 2.75) is 48.6 Å². The maximum Gasteiger partial charge on any atom is 0.468 e. The number of halogens is 10. The number of hydrogen-bond donors (Lipinski definition) is 0. The highest BCUT2D eigenvalue weighted by atomic mass is 32.2. The second kappa shape index (κ2) is 11.1. The molecule has 0 aliphatic rings. The molecule has 0 fully saturated rings. The largest absolute Gasteiger partial charge is 0.743 e. The average Bonchev–Trinajstić information content (AvgIpc) is 2.67. The fourth-order valence-corrected chi connectivity index (χ4v) is 2.38. The Morgan fingerprint density at radius 1 is 0.943 bits per heavy atom. The first-order valence-electron chi connectivity index (χ1n) is 8.67. The summed E-state index contributed by atoms with van der Waals surface area (Å²) < 4.78 is 174. The number of carbonyl (C=O) groups excluding carboxylic acids is 2. The van der Waals surface area contributed by atoms with Gasteiger partial charge in [0.05, 0.1) is 6.61 Å². The van der Waals surface area contributed by atoms with Gasteiger partial charge in [0, 0.05) is 6.42 Å². The number of alkyl halides is 10. The number of rotatable bonds is 13. The molecule has 19 heteroatoms. The van der Waals surface area contributed by atoms with Crippen LogP contribution in [-0.2, 0) is 33.9 Å². The average molecular weight is 557 g/mol.